The third kappa shape index (κ3) is 2.33. The predicted octanol–water partition coefficient (Wildman–Crippen LogP) is 4.88. The van der Waals surface area contributed by atoms with Crippen LogP contribution in [0, 0.1) is 27.7 Å². The minimum Gasteiger partial charge on any atom is -0.323 e. The predicted molar refractivity (Wildman–Crippen MR) is 93.6 cm³/mol. The smallest absolute Gasteiger partial charge is 0.109 e. The minimum atomic E-state index is 0.907. The van der Waals surface area contributed by atoms with E-state index in [0.29, 0.717) is 0 Å². The normalized spacial score (nSPS) is 11.3. The van der Waals surface area contributed by atoms with Crippen molar-refractivity contribution < 1.29 is 0 Å². The maximum Gasteiger partial charge on any atom is 0.109 e. The molecule has 0 aliphatic carbocycles. The lowest BCUT2D eigenvalue weighted by Crippen LogP contribution is -2.09. The topological polar surface area (TPSA) is 17.8 Å². The SMILES string of the molecule is CCc1nc2ccccc2n1Cc1c(C)c(C)cc(C)c1C. The molecule has 2 nitrogen and oxygen atoms in total. The van der Waals surface area contributed by atoms with E-state index in [2.05, 4.69) is 69.5 Å². The highest BCUT2D eigenvalue weighted by Gasteiger charge is 2.13. The van der Waals surface area contributed by atoms with Gasteiger partial charge in [0.1, 0.15) is 5.82 Å². The van der Waals surface area contributed by atoms with Crippen molar-refractivity contribution in [1.29, 1.82) is 0 Å². The average Bonchev–Trinajstić information content (AvgIpc) is 2.87. The molecule has 0 bridgehead atoms. The molecule has 0 spiro atoms. The second kappa shape index (κ2) is 5.60. The van der Waals surface area contributed by atoms with Gasteiger partial charge in [-0.25, -0.2) is 4.98 Å². The zero-order valence-corrected chi connectivity index (χ0v) is 14.2. The highest BCUT2D eigenvalue weighted by molar-refractivity contribution is 5.76. The van der Waals surface area contributed by atoms with E-state index in [1.54, 1.807) is 0 Å². The molecule has 22 heavy (non-hydrogen) atoms. The van der Waals surface area contributed by atoms with E-state index >= 15 is 0 Å². The van der Waals surface area contributed by atoms with Gasteiger partial charge in [0.15, 0.2) is 0 Å². The fourth-order valence-electron chi connectivity index (χ4n) is 3.27. The molecular formula is C20H24N2. The first-order chi connectivity index (χ1) is 10.5. The van der Waals surface area contributed by atoms with Crippen molar-refractivity contribution in [3.63, 3.8) is 0 Å². The van der Waals surface area contributed by atoms with Gasteiger partial charge in [0.25, 0.3) is 0 Å². The van der Waals surface area contributed by atoms with Crippen molar-refractivity contribution in [3.8, 4) is 0 Å². The van der Waals surface area contributed by atoms with E-state index in [4.69, 9.17) is 4.98 Å². The molecule has 0 atom stereocenters. The summed E-state index contributed by atoms with van der Waals surface area (Å²) < 4.78 is 2.38. The summed E-state index contributed by atoms with van der Waals surface area (Å²) in [6.45, 7) is 12.0. The molecule has 3 rings (SSSR count). The number of hydrogen-bond acceptors (Lipinski definition) is 1. The van der Waals surface area contributed by atoms with Crippen LogP contribution in [0.3, 0.4) is 0 Å². The number of nitrogens with zero attached hydrogens (tertiary/aromatic N) is 2. The molecule has 2 heteroatoms. The Bertz CT molecular complexity index is 814. The zero-order valence-electron chi connectivity index (χ0n) is 14.2. The summed E-state index contributed by atoms with van der Waals surface area (Å²) >= 11 is 0. The molecule has 0 N–H and O–H groups in total. The molecule has 0 fully saturated rings. The molecule has 0 saturated heterocycles. The van der Waals surface area contributed by atoms with Crippen molar-refractivity contribution in [3.05, 3.63) is 64.0 Å². The van der Waals surface area contributed by atoms with Gasteiger partial charge in [-0.1, -0.05) is 25.1 Å². The van der Waals surface area contributed by atoms with Crippen molar-refractivity contribution in [2.45, 2.75) is 47.6 Å². The van der Waals surface area contributed by atoms with Crippen LogP contribution in [0.4, 0.5) is 0 Å². The Labute approximate surface area is 132 Å². The summed E-state index contributed by atoms with van der Waals surface area (Å²) in [5.74, 6) is 1.17. The number of fused-ring (bicyclic) bond motifs is 1. The van der Waals surface area contributed by atoms with E-state index in [-0.39, 0.29) is 0 Å². The van der Waals surface area contributed by atoms with Gasteiger partial charge in [0, 0.05) is 13.0 Å². The number of rotatable bonds is 3. The number of imidazole rings is 1. The summed E-state index contributed by atoms with van der Waals surface area (Å²) in [6.07, 6.45) is 0.956. The Kier molecular flexibility index (Phi) is 3.78. The summed E-state index contributed by atoms with van der Waals surface area (Å²) in [5.41, 5.74) is 9.33. The highest BCUT2D eigenvalue weighted by Crippen LogP contribution is 2.25. The number of benzene rings is 2. The molecule has 3 aromatic rings. The van der Waals surface area contributed by atoms with Gasteiger partial charge in [-0.05, 0) is 67.6 Å². The van der Waals surface area contributed by atoms with Crippen molar-refractivity contribution in [2.24, 2.45) is 0 Å². The molecule has 1 heterocycles. The van der Waals surface area contributed by atoms with Gasteiger partial charge >= 0.3 is 0 Å². The highest BCUT2D eigenvalue weighted by atomic mass is 15.1. The lowest BCUT2D eigenvalue weighted by atomic mass is 9.94. The van der Waals surface area contributed by atoms with E-state index in [1.807, 2.05) is 0 Å². The van der Waals surface area contributed by atoms with E-state index in [0.717, 1.165) is 18.5 Å². The number of hydrogen-bond donors (Lipinski definition) is 0. The van der Waals surface area contributed by atoms with Crippen LogP contribution in [0.5, 0.6) is 0 Å². The third-order valence-corrected chi connectivity index (χ3v) is 4.89. The molecule has 114 valence electrons. The monoisotopic (exact) mass is 292 g/mol. The van der Waals surface area contributed by atoms with Gasteiger partial charge in [0.05, 0.1) is 11.0 Å². The van der Waals surface area contributed by atoms with E-state index in [1.165, 1.54) is 39.2 Å². The van der Waals surface area contributed by atoms with Gasteiger partial charge in [-0.15, -0.1) is 0 Å². The molecule has 0 saturated carbocycles. The van der Waals surface area contributed by atoms with Gasteiger partial charge in [-0.3, -0.25) is 0 Å². The molecule has 1 aromatic heterocycles. The summed E-state index contributed by atoms with van der Waals surface area (Å²) in [7, 11) is 0. The Morgan fingerprint density at radius 1 is 0.955 bits per heavy atom. The second-order valence-electron chi connectivity index (χ2n) is 6.20. The fraction of sp³-hybridized carbons (Fsp3) is 0.350. The molecule has 2 aromatic carbocycles. The molecular weight excluding hydrogens is 268 g/mol. The van der Waals surface area contributed by atoms with Crippen molar-refractivity contribution in [1.82, 2.24) is 9.55 Å². The van der Waals surface area contributed by atoms with Crippen LogP contribution in [0.1, 0.15) is 40.6 Å². The lowest BCUT2D eigenvalue weighted by molar-refractivity contribution is 0.744. The lowest BCUT2D eigenvalue weighted by Gasteiger charge is -2.17. The first-order valence-corrected chi connectivity index (χ1v) is 8.03. The number of aromatic nitrogens is 2. The Morgan fingerprint density at radius 3 is 2.23 bits per heavy atom. The number of aryl methyl sites for hydroxylation is 3. The van der Waals surface area contributed by atoms with Gasteiger partial charge < -0.3 is 4.57 Å². The Morgan fingerprint density at radius 2 is 1.59 bits per heavy atom. The van der Waals surface area contributed by atoms with Crippen LogP contribution in [-0.2, 0) is 13.0 Å². The maximum atomic E-state index is 4.79. The summed E-state index contributed by atoms with van der Waals surface area (Å²) in [6, 6.07) is 10.7. The molecule has 0 amide bonds. The second-order valence-corrected chi connectivity index (χ2v) is 6.20. The van der Waals surface area contributed by atoms with Crippen LogP contribution in [0.25, 0.3) is 11.0 Å². The minimum absolute atomic E-state index is 0.907. The summed E-state index contributed by atoms with van der Waals surface area (Å²) in [5, 5.41) is 0. The fourth-order valence-corrected chi connectivity index (χ4v) is 3.27. The van der Waals surface area contributed by atoms with Crippen LogP contribution < -0.4 is 0 Å². The maximum absolute atomic E-state index is 4.79. The Balaban J connectivity index is 2.19. The first-order valence-electron chi connectivity index (χ1n) is 8.03. The number of para-hydroxylation sites is 2. The van der Waals surface area contributed by atoms with Crippen LogP contribution in [0.15, 0.2) is 30.3 Å². The van der Waals surface area contributed by atoms with Crippen molar-refractivity contribution >= 4 is 11.0 Å². The molecule has 0 aliphatic rings. The van der Waals surface area contributed by atoms with Gasteiger partial charge in [0.2, 0.25) is 0 Å². The van der Waals surface area contributed by atoms with Crippen molar-refractivity contribution in [2.75, 3.05) is 0 Å². The molecule has 0 aliphatic heterocycles. The van der Waals surface area contributed by atoms with Gasteiger partial charge in [-0.2, -0.15) is 0 Å². The van der Waals surface area contributed by atoms with Crippen LogP contribution in [-0.4, -0.2) is 9.55 Å². The quantitative estimate of drug-likeness (QED) is 0.672. The molecule has 0 unspecified atom stereocenters. The van der Waals surface area contributed by atoms with E-state index in [9.17, 15) is 0 Å². The largest absolute Gasteiger partial charge is 0.323 e. The molecule has 0 radical (unpaired) electrons. The standard InChI is InChI=1S/C20H24N2/c1-6-20-21-18-9-7-8-10-19(18)22(20)12-17-15(4)13(2)11-14(3)16(17)5/h7-11H,6,12H2,1-5H3. The Hall–Kier alpha value is -2.09. The third-order valence-electron chi connectivity index (χ3n) is 4.89. The average molecular weight is 292 g/mol. The zero-order chi connectivity index (χ0) is 15.9. The summed E-state index contributed by atoms with van der Waals surface area (Å²) in [4.78, 5) is 4.79. The first kappa shape index (κ1) is 14.8. The van der Waals surface area contributed by atoms with E-state index < -0.39 is 0 Å². The van der Waals surface area contributed by atoms with Crippen LogP contribution in [0.2, 0.25) is 0 Å². The van der Waals surface area contributed by atoms with Crippen LogP contribution >= 0.6 is 0 Å².